The van der Waals surface area contributed by atoms with Crippen LogP contribution in [0.3, 0.4) is 0 Å². The number of aryl methyl sites for hydroxylation is 1. The summed E-state index contributed by atoms with van der Waals surface area (Å²) in [5.41, 5.74) is 8.11. The lowest BCUT2D eigenvalue weighted by molar-refractivity contribution is 0.0924. The van der Waals surface area contributed by atoms with Crippen LogP contribution >= 0.6 is 0 Å². The third kappa shape index (κ3) is 5.21. The van der Waals surface area contributed by atoms with Crippen molar-refractivity contribution in [2.45, 2.75) is 33.2 Å². The molecular weight excluding hydrogens is 250 g/mol. The summed E-state index contributed by atoms with van der Waals surface area (Å²) < 4.78 is 0. The fourth-order valence-corrected chi connectivity index (χ4v) is 2.27. The lowest BCUT2D eigenvalue weighted by Gasteiger charge is -2.24. The van der Waals surface area contributed by atoms with Crippen LogP contribution < -0.4 is 11.1 Å². The largest absolute Gasteiger partial charge is 0.399 e. The molecule has 3 N–H and O–H groups in total. The Bertz CT molecular complexity index is 445. The van der Waals surface area contributed by atoms with E-state index in [1.165, 1.54) is 0 Å². The van der Waals surface area contributed by atoms with Gasteiger partial charge in [0, 0.05) is 23.8 Å². The molecule has 1 unspecified atom stereocenters. The Hall–Kier alpha value is -1.55. The highest BCUT2D eigenvalue weighted by Gasteiger charge is 2.16. The molecule has 0 aliphatic rings. The number of anilines is 1. The number of carbonyl (C=O) groups excluding carboxylic acids is 1. The van der Waals surface area contributed by atoms with E-state index >= 15 is 0 Å². The zero-order valence-corrected chi connectivity index (χ0v) is 13.2. The van der Waals surface area contributed by atoms with E-state index in [1.807, 2.05) is 27.1 Å². The molecule has 20 heavy (non-hydrogen) atoms. The SMILES string of the molecule is Cc1cc(C(=O)NC(CC(C)C)CN(C)C)ccc1N. The van der Waals surface area contributed by atoms with Crippen LogP contribution in [0.15, 0.2) is 18.2 Å². The van der Waals surface area contributed by atoms with Crippen molar-refractivity contribution in [3.05, 3.63) is 29.3 Å². The fraction of sp³-hybridized carbons (Fsp3) is 0.562. The van der Waals surface area contributed by atoms with E-state index in [1.54, 1.807) is 12.1 Å². The molecule has 0 aliphatic heterocycles. The highest BCUT2D eigenvalue weighted by atomic mass is 16.1. The van der Waals surface area contributed by atoms with E-state index < -0.39 is 0 Å². The van der Waals surface area contributed by atoms with Crippen LogP contribution in [0, 0.1) is 12.8 Å². The van der Waals surface area contributed by atoms with Gasteiger partial charge in [0.05, 0.1) is 0 Å². The molecule has 0 spiro atoms. The van der Waals surface area contributed by atoms with Crippen molar-refractivity contribution in [2.75, 3.05) is 26.4 Å². The van der Waals surface area contributed by atoms with Gasteiger partial charge in [-0.15, -0.1) is 0 Å². The second-order valence-corrected chi connectivity index (χ2v) is 6.13. The molecule has 4 nitrogen and oxygen atoms in total. The van der Waals surface area contributed by atoms with Gasteiger partial charge in [-0.05, 0) is 57.1 Å². The van der Waals surface area contributed by atoms with Crippen LogP contribution in [0.2, 0.25) is 0 Å². The maximum absolute atomic E-state index is 12.3. The molecule has 0 aromatic heterocycles. The summed E-state index contributed by atoms with van der Waals surface area (Å²) in [5.74, 6) is 0.522. The van der Waals surface area contributed by atoms with E-state index in [2.05, 4.69) is 24.1 Å². The van der Waals surface area contributed by atoms with Gasteiger partial charge in [0.1, 0.15) is 0 Å². The Kier molecular flexibility index (Phi) is 6.02. The number of rotatable bonds is 6. The van der Waals surface area contributed by atoms with Gasteiger partial charge in [-0.3, -0.25) is 4.79 Å². The second-order valence-electron chi connectivity index (χ2n) is 6.13. The first kappa shape index (κ1) is 16.5. The smallest absolute Gasteiger partial charge is 0.251 e. The summed E-state index contributed by atoms with van der Waals surface area (Å²) in [6, 6.07) is 5.57. The highest BCUT2D eigenvalue weighted by Crippen LogP contribution is 2.13. The van der Waals surface area contributed by atoms with Crippen LogP contribution in [0.5, 0.6) is 0 Å². The van der Waals surface area contributed by atoms with Crippen molar-refractivity contribution in [3.63, 3.8) is 0 Å². The number of nitrogen functional groups attached to an aromatic ring is 1. The molecule has 1 rings (SSSR count). The Balaban J connectivity index is 2.76. The summed E-state index contributed by atoms with van der Waals surface area (Å²) in [6.45, 7) is 7.10. The number of nitrogens with one attached hydrogen (secondary N) is 1. The molecule has 0 aliphatic carbocycles. The predicted octanol–water partition coefficient (Wildman–Crippen LogP) is 2.28. The van der Waals surface area contributed by atoms with Gasteiger partial charge in [0.25, 0.3) is 5.91 Å². The molecule has 1 amide bonds. The molecule has 0 saturated carbocycles. The third-order valence-corrected chi connectivity index (χ3v) is 3.21. The maximum atomic E-state index is 12.3. The van der Waals surface area contributed by atoms with E-state index in [-0.39, 0.29) is 11.9 Å². The lowest BCUT2D eigenvalue weighted by atomic mass is 10.0. The molecule has 112 valence electrons. The van der Waals surface area contributed by atoms with Gasteiger partial charge in [0.2, 0.25) is 0 Å². The zero-order chi connectivity index (χ0) is 15.3. The fourth-order valence-electron chi connectivity index (χ4n) is 2.27. The highest BCUT2D eigenvalue weighted by molar-refractivity contribution is 5.95. The number of benzene rings is 1. The number of carbonyl (C=O) groups is 1. The summed E-state index contributed by atoms with van der Waals surface area (Å²) in [6.07, 6.45) is 0.970. The van der Waals surface area contributed by atoms with Crippen LogP contribution in [-0.2, 0) is 0 Å². The average Bonchev–Trinajstić information content (AvgIpc) is 2.30. The Morgan fingerprint density at radius 1 is 1.35 bits per heavy atom. The molecule has 0 saturated heterocycles. The minimum absolute atomic E-state index is 0.0272. The summed E-state index contributed by atoms with van der Waals surface area (Å²) in [4.78, 5) is 14.4. The Labute approximate surface area is 122 Å². The summed E-state index contributed by atoms with van der Waals surface area (Å²) in [5, 5.41) is 3.12. The van der Waals surface area contributed by atoms with E-state index in [9.17, 15) is 4.79 Å². The van der Waals surface area contributed by atoms with Gasteiger partial charge in [-0.1, -0.05) is 13.8 Å². The molecule has 0 radical (unpaired) electrons. The first-order valence-electron chi connectivity index (χ1n) is 7.11. The third-order valence-electron chi connectivity index (χ3n) is 3.21. The van der Waals surface area contributed by atoms with Crippen LogP contribution in [-0.4, -0.2) is 37.5 Å². The molecule has 4 heteroatoms. The molecule has 1 aromatic carbocycles. The molecule has 0 bridgehead atoms. The van der Waals surface area contributed by atoms with E-state index in [0.29, 0.717) is 17.2 Å². The van der Waals surface area contributed by atoms with Crippen molar-refractivity contribution >= 4 is 11.6 Å². The van der Waals surface area contributed by atoms with Gasteiger partial charge in [-0.25, -0.2) is 0 Å². The normalized spacial score (nSPS) is 12.8. The minimum Gasteiger partial charge on any atom is -0.399 e. The zero-order valence-electron chi connectivity index (χ0n) is 13.2. The molecule has 0 heterocycles. The number of hydrogen-bond acceptors (Lipinski definition) is 3. The molecular formula is C16H27N3O. The number of amides is 1. The molecule has 1 atom stereocenters. The lowest BCUT2D eigenvalue weighted by Crippen LogP contribution is -2.42. The van der Waals surface area contributed by atoms with Gasteiger partial charge in [-0.2, -0.15) is 0 Å². The quantitative estimate of drug-likeness (QED) is 0.784. The van der Waals surface area contributed by atoms with Gasteiger partial charge in [0.15, 0.2) is 0 Å². The van der Waals surface area contributed by atoms with Gasteiger partial charge >= 0.3 is 0 Å². The Morgan fingerprint density at radius 2 is 2.00 bits per heavy atom. The van der Waals surface area contributed by atoms with E-state index in [4.69, 9.17) is 5.73 Å². The number of nitrogens with two attached hydrogens (primary N) is 1. The second kappa shape index (κ2) is 7.29. The van der Waals surface area contributed by atoms with Crippen LogP contribution in [0.4, 0.5) is 5.69 Å². The summed E-state index contributed by atoms with van der Waals surface area (Å²) >= 11 is 0. The van der Waals surface area contributed by atoms with Crippen LogP contribution in [0.1, 0.15) is 36.2 Å². The van der Waals surface area contributed by atoms with E-state index in [0.717, 1.165) is 18.5 Å². The van der Waals surface area contributed by atoms with Crippen molar-refractivity contribution in [1.82, 2.24) is 10.2 Å². The number of nitrogens with zero attached hydrogens (tertiary/aromatic N) is 1. The van der Waals surface area contributed by atoms with Gasteiger partial charge < -0.3 is 16.0 Å². The first-order chi connectivity index (χ1) is 9.29. The van der Waals surface area contributed by atoms with Crippen molar-refractivity contribution in [3.8, 4) is 0 Å². The first-order valence-corrected chi connectivity index (χ1v) is 7.11. The minimum atomic E-state index is -0.0272. The van der Waals surface area contributed by atoms with Crippen molar-refractivity contribution in [2.24, 2.45) is 5.92 Å². The topological polar surface area (TPSA) is 58.4 Å². The molecule has 0 fully saturated rings. The molecule has 1 aromatic rings. The number of likely N-dealkylation sites (N-methyl/N-ethyl adjacent to an activating group) is 1. The average molecular weight is 277 g/mol. The summed E-state index contributed by atoms with van der Waals surface area (Å²) in [7, 11) is 4.04. The standard InChI is InChI=1S/C16H27N3O/c1-11(2)8-14(10-19(4)5)18-16(20)13-6-7-15(17)12(3)9-13/h6-7,9,11,14H,8,10,17H2,1-5H3,(H,18,20). The predicted molar refractivity (Wildman–Crippen MR) is 84.9 cm³/mol. The van der Waals surface area contributed by atoms with Crippen molar-refractivity contribution in [1.29, 1.82) is 0 Å². The monoisotopic (exact) mass is 277 g/mol. The van der Waals surface area contributed by atoms with Crippen molar-refractivity contribution < 1.29 is 4.79 Å². The Morgan fingerprint density at radius 3 is 2.50 bits per heavy atom. The van der Waals surface area contributed by atoms with Crippen LogP contribution in [0.25, 0.3) is 0 Å². The number of hydrogen-bond donors (Lipinski definition) is 2. The maximum Gasteiger partial charge on any atom is 0.251 e.